The summed E-state index contributed by atoms with van der Waals surface area (Å²) in [6.07, 6.45) is 5.96. The molecular weight excluding hydrogens is 320 g/mol. The number of pyridine rings is 1. The fraction of sp³-hybridized carbons (Fsp3) is 0.294. The molecule has 8 heteroatoms. The molecule has 3 aromatic rings. The second-order valence-electron chi connectivity index (χ2n) is 5.63. The molecule has 0 saturated heterocycles. The zero-order chi connectivity index (χ0) is 17.8. The molecule has 3 aromatic heterocycles. The van der Waals surface area contributed by atoms with Crippen molar-refractivity contribution in [1.82, 2.24) is 25.2 Å². The molecule has 0 aliphatic carbocycles. The summed E-state index contributed by atoms with van der Waals surface area (Å²) < 4.78 is 6.92. The molecule has 0 spiro atoms. The quantitative estimate of drug-likeness (QED) is 0.744. The highest BCUT2D eigenvalue weighted by molar-refractivity contribution is 5.93. The lowest BCUT2D eigenvalue weighted by atomic mass is 10.1. The maximum Gasteiger partial charge on any atom is 0.319 e. The third-order valence-corrected chi connectivity index (χ3v) is 3.85. The van der Waals surface area contributed by atoms with E-state index in [0.29, 0.717) is 17.9 Å². The van der Waals surface area contributed by atoms with Gasteiger partial charge in [0.1, 0.15) is 5.76 Å². The third-order valence-electron chi connectivity index (χ3n) is 3.85. The van der Waals surface area contributed by atoms with Gasteiger partial charge in [-0.2, -0.15) is 5.10 Å². The molecule has 0 aliphatic heterocycles. The summed E-state index contributed by atoms with van der Waals surface area (Å²) in [6.45, 7) is 4.20. The van der Waals surface area contributed by atoms with E-state index in [1.54, 1.807) is 29.2 Å². The number of rotatable bonds is 5. The van der Waals surface area contributed by atoms with Gasteiger partial charge in [-0.1, -0.05) is 12.1 Å². The normalized spacial score (nSPS) is 10.7. The van der Waals surface area contributed by atoms with Crippen LogP contribution in [0.15, 0.2) is 35.2 Å². The Morgan fingerprint density at radius 3 is 2.96 bits per heavy atom. The summed E-state index contributed by atoms with van der Waals surface area (Å²) in [4.78, 5) is 16.6. The Kier molecular flexibility index (Phi) is 4.78. The lowest BCUT2D eigenvalue weighted by Crippen LogP contribution is -2.29. The first-order valence-corrected chi connectivity index (χ1v) is 8.01. The van der Waals surface area contributed by atoms with Crippen molar-refractivity contribution in [2.24, 2.45) is 7.05 Å². The number of anilines is 1. The van der Waals surface area contributed by atoms with E-state index in [-0.39, 0.29) is 6.03 Å². The van der Waals surface area contributed by atoms with Crippen molar-refractivity contribution in [1.29, 1.82) is 0 Å². The monoisotopic (exact) mass is 340 g/mol. The van der Waals surface area contributed by atoms with Crippen LogP contribution in [0.5, 0.6) is 0 Å². The van der Waals surface area contributed by atoms with E-state index in [1.165, 1.54) is 0 Å². The number of carbonyl (C=O) groups excluding carboxylic acids is 1. The van der Waals surface area contributed by atoms with Crippen molar-refractivity contribution in [2.75, 3.05) is 5.32 Å². The predicted molar refractivity (Wildman–Crippen MR) is 92.9 cm³/mol. The second kappa shape index (κ2) is 7.16. The minimum Gasteiger partial charge on any atom is -0.361 e. The molecule has 130 valence electrons. The number of aryl methyl sites for hydroxylation is 3. The largest absolute Gasteiger partial charge is 0.361 e. The fourth-order valence-electron chi connectivity index (χ4n) is 2.55. The van der Waals surface area contributed by atoms with Crippen LogP contribution in [0.1, 0.15) is 23.9 Å². The zero-order valence-corrected chi connectivity index (χ0v) is 14.4. The Labute approximate surface area is 145 Å². The summed E-state index contributed by atoms with van der Waals surface area (Å²) in [5.74, 6) is 0.787. The number of carbonyl (C=O) groups is 1. The van der Waals surface area contributed by atoms with Gasteiger partial charge in [-0.25, -0.2) is 4.79 Å². The topological polar surface area (TPSA) is 97.9 Å². The first-order valence-electron chi connectivity index (χ1n) is 8.01. The van der Waals surface area contributed by atoms with E-state index in [4.69, 9.17) is 4.52 Å². The lowest BCUT2D eigenvalue weighted by Gasteiger charge is -2.10. The fourth-order valence-corrected chi connectivity index (χ4v) is 2.55. The van der Waals surface area contributed by atoms with Gasteiger partial charge in [0, 0.05) is 43.5 Å². The van der Waals surface area contributed by atoms with Crippen molar-refractivity contribution < 1.29 is 9.32 Å². The lowest BCUT2D eigenvalue weighted by molar-refractivity contribution is 0.251. The van der Waals surface area contributed by atoms with Crippen LogP contribution in [-0.2, 0) is 20.0 Å². The average molecular weight is 340 g/mol. The van der Waals surface area contributed by atoms with Gasteiger partial charge in [-0.15, -0.1) is 0 Å². The molecule has 2 amide bonds. The number of hydrogen-bond acceptors (Lipinski definition) is 5. The number of aromatic nitrogens is 4. The Morgan fingerprint density at radius 2 is 2.24 bits per heavy atom. The minimum atomic E-state index is -0.319. The van der Waals surface area contributed by atoms with E-state index in [1.807, 2.05) is 27.1 Å². The second-order valence-corrected chi connectivity index (χ2v) is 5.63. The summed E-state index contributed by atoms with van der Waals surface area (Å²) in [5, 5.41) is 13.8. The molecule has 3 rings (SSSR count). The van der Waals surface area contributed by atoms with Crippen molar-refractivity contribution in [3.63, 3.8) is 0 Å². The molecule has 0 atom stereocenters. The van der Waals surface area contributed by atoms with Crippen LogP contribution in [0.4, 0.5) is 10.5 Å². The Hall–Kier alpha value is -3.16. The molecule has 0 bridgehead atoms. The van der Waals surface area contributed by atoms with E-state index < -0.39 is 0 Å². The van der Waals surface area contributed by atoms with Gasteiger partial charge < -0.3 is 15.2 Å². The van der Waals surface area contributed by atoms with Gasteiger partial charge in [0.05, 0.1) is 23.3 Å². The third kappa shape index (κ3) is 3.68. The van der Waals surface area contributed by atoms with Crippen LogP contribution in [0.25, 0.3) is 11.3 Å². The maximum absolute atomic E-state index is 12.3. The van der Waals surface area contributed by atoms with E-state index >= 15 is 0 Å². The summed E-state index contributed by atoms with van der Waals surface area (Å²) in [6, 6.07) is 3.26. The highest BCUT2D eigenvalue weighted by Gasteiger charge is 2.14. The van der Waals surface area contributed by atoms with Crippen molar-refractivity contribution in [2.45, 2.75) is 26.8 Å². The highest BCUT2D eigenvalue weighted by atomic mass is 16.5. The van der Waals surface area contributed by atoms with Crippen LogP contribution >= 0.6 is 0 Å². The molecule has 2 N–H and O–H groups in total. The van der Waals surface area contributed by atoms with Gasteiger partial charge in [0.15, 0.2) is 0 Å². The molecular formula is C17H20N6O2. The summed E-state index contributed by atoms with van der Waals surface area (Å²) in [5.41, 5.74) is 3.82. The molecule has 8 nitrogen and oxygen atoms in total. The van der Waals surface area contributed by atoms with Gasteiger partial charge in [0.2, 0.25) is 0 Å². The molecule has 0 saturated carbocycles. The first kappa shape index (κ1) is 16.7. The number of nitrogens with one attached hydrogen (secondary N) is 2. The van der Waals surface area contributed by atoms with Crippen LogP contribution in [-0.4, -0.2) is 26.0 Å². The molecule has 0 aliphatic rings. The van der Waals surface area contributed by atoms with Crippen LogP contribution in [0.2, 0.25) is 0 Å². The molecule has 0 fully saturated rings. The standard InChI is InChI=1S/C17H20N6O2/c1-4-15-13(11(2)22-25-15)9-19-17(24)21-14-6-5-7-18-16(14)12-8-20-23(3)10-12/h5-8,10H,4,9H2,1-3H3,(H2,19,21,24). The van der Waals surface area contributed by atoms with Gasteiger partial charge in [-0.05, 0) is 19.1 Å². The molecule has 0 radical (unpaired) electrons. The van der Waals surface area contributed by atoms with Crippen LogP contribution < -0.4 is 10.6 Å². The Bertz CT molecular complexity index is 883. The van der Waals surface area contributed by atoms with E-state index in [0.717, 1.165) is 29.0 Å². The van der Waals surface area contributed by atoms with Gasteiger partial charge >= 0.3 is 6.03 Å². The van der Waals surface area contributed by atoms with Crippen molar-refractivity contribution >= 4 is 11.7 Å². The number of urea groups is 1. The minimum absolute atomic E-state index is 0.319. The summed E-state index contributed by atoms with van der Waals surface area (Å²) >= 11 is 0. The number of hydrogen-bond donors (Lipinski definition) is 2. The SMILES string of the molecule is CCc1onc(C)c1CNC(=O)Nc1cccnc1-c1cnn(C)c1. The van der Waals surface area contributed by atoms with Crippen LogP contribution in [0, 0.1) is 6.92 Å². The number of nitrogens with zero attached hydrogens (tertiary/aromatic N) is 4. The Balaban J connectivity index is 1.70. The van der Waals surface area contributed by atoms with Gasteiger partial charge in [0.25, 0.3) is 0 Å². The zero-order valence-electron chi connectivity index (χ0n) is 14.4. The average Bonchev–Trinajstić information content (AvgIpc) is 3.19. The predicted octanol–water partition coefficient (Wildman–Crippen LogP) is 2.66. The maximum atomic E-state index is 12.3. The smallest absolute Gasteiger partial charge is 0.319 e. The molecule has 3 heterocycles. The first-order chi connectivity index (χ1) is 12.1. The molecule has 0 unspecified atom stereocenters. The Morgan fingerprint density at radius 1 is 1.40 bits per heavy atom. The molecule has 0 aromatic carbocycles. The highest BCUT2D eigenvalue weighted by Crippen LogP contribution is 2.24. The molecule has 25 heavy (non-hydrogen) atoms. The summed E-state index contributed by atoms with van der Waals surface area (Å²) in [7, 11) is 1.83. The van der Waals surface area contributed by atoms with Gasteiger partial charge in [-0.3, -0.25) is 9.67 Å². The van der Waals surface area contributed by atoms with Crippen molar-refractivity contribution in [3.8, 4) is 11.3 Å². The van der Waals surface area contributed by atoms with Crippen molar-refractivity contribution in [3.05, 3.63) is 47.7 Å². The van der Waals surface area contributed by atoms with E-state index in [2.05, 4.69) is 25.9 Å². The van der Waals surface area contributed by atoms with Crippen LogP contribution in [0.3, 0.4) is 0 Å². The number of amides is 2. The van der Waals surface area contributed by atoms with E-state index in [9.17, 15) is 4.79 Å².